The minimum absolute atomic E-state index is 0.159. The summed E-state index contributed by atoms with van der Waals surface area (Å²) in [6.07, 6.45) is 5.16. The fourth-order valence-electron chi connectivity index (χ4n) is 4.73. The van der Waals surface area contributed by atoms with Gasteiger partial charge in [-0.2, -0.15) is 0 Å². The molecule has 0 bridgehead atoms. The Morgan fingerprint density at radius 3 is 2.71 bits per heavy atom. The van der Waals surface area contributed by atoms with Crippen molar-refractivity contribution in [1.29, 1.82) is 0 Å². The molecule has 0 aromatic carbocycles. The molecule has 1 aliphatic heterocycles. The van der Waals surface area contributed by atoms with Crippen LogP contribution in [0.1, 0.15) is 55.7 Å². The van der Waals surface area contributed by atoms with E-state index in [0.717, 1.165) is 16.9 Å². The number of fused-ring (bicyclic) bond motifs is 1. The zero-order valence-electron chi connectivity index (χ0n) is 23.8. The van der Waals surface area contributed by atoms with Crippen LogP contribution in [-0.4, -0.2) is 60.4 Å². The van der Waals surface area contributed by atoms with Crippen LogP contribution >= 0.6 is 0 Å². The highest BCUT2D eigenvalue weighted by Gasteiger charge is 2.34. The van der Waals surface area contributed by atoms with E-state index in [1.54, 1.807) is 48.1 Å². The number of pyridine rings is 3. The van der Waals surface area contributed by atoms with Gasteiger partial charge in [0.05, 0.1) is 24.0 Å². The molecule has 0 aliphatic carbocycles. The number of anilines is 2. The quantitative estimate of drug-likeness (QED) is 0.325. The molecule has 0 radical (unpaired) electrons. The largest absolute Gasteiger partial charge is 0.444 e. The van der Waals surface area contributed by atoms with Crippen LogP contribution < -0.4 is 15.5 Å². The Hall–Kier alpha value is -4.87. The predicted molar refractivity (Wildman–Crippen MR) is 154 cm³/mol. The number of hydrogen-bond acceptors (Lipinski definition) is 9. The van der Waals surface area contributed by atoms with Crippen molar-refractivity contribution in [2.75, 3.05) is 16.8 Å². The van der Waals surface area contributed by atoms with Gasteiger partial charge < -0.3 is 15.4 Å². The van der Waals surface area contributed by atoms with Gasteiger partial charge in [-0.15, -0.1) is 10.2 Å². The Morgan fingerprint density at radius 2 is 2.00 bits per heavy atom. The Balaban J connectivity index is 1.49. The minimum atomic E-state index is -0.826. The molecular weight excluding hydrogens is 522 g/mol. The number of nitrogens with zero attached hydrogens (tertiary/aromatic N) is 8. The molecule has 12 heteroatoms. The monoisotopic (exact) mass is 555 g/mol. The molecule has 12 nitrogen and oxygen atoms in total. The Kier molecular flexibility index (Phi) is 7.40. The van der Waals surface area contributed by atoms with E-state index in [2.05, 4.69) is 29.0 Å². The van der Waals surface area contributed by atoms with E-state index in [4.69, 9.17) is 20.4 Å². The van der Waals surface area contributed by atoms with Crippen molar-refractivity contribution in [3.05, 3.63) is 71.9 Å². The summed E-state index contributed by atoms with van der Waals surface area (Å²) in [6, 6.07) is 11.2. The van der Waals surface area contributed by atoms with Crippen LogP contribution in [0.15, 0.2) is 55.1 Å². The van der Waals surface area contributed by atoms with Crippen molar-refractivity contribution in [2.24, 2.45) is 5.73 Å². The maximum absolute atomic E-state index is 13.8. The highest BCUT2D eigenvalue weighted by molar-refractivity contribution is 6.10. The second-order valence-corrected chi connectivity index (χ2v) is 10.8. The number of aryl methyl sites for hydroxylation is 1. The van der Waals surface area contributed by atoms with Gasteiger partial charge in [-0.1, -0.05) is 6.07 Å². The molecule has 0 unspecified atom stereocenters. The average molecular weight is 556 g/mol. The minimum Gasteiger partial charge on any atom is -0.444 e. The van der Waals surface area contributed by atoms with Crippen molar-refractivity contribution in [3.8, 4) is 17.2 Å². The van der Waals surface area contributed by atoms with Crippen LogP contribution in [-0.2, 0) is 17.7 Å². The summed E-state index contributed by atoms with van der Waals surface area (Å²) in [5.74, 6) is 1.56. The summed E-state index contributed by atoms with van der Waals surface area (Å²) in [4.78, 5) is 42.8. The molecule has 0 atom stereocenters. The Labute approximate surface area is 238 Å². The van der Waals surface area contributed by atoms with Crippen LogP contribution in [0.2, 0.25) is 0 Å². The maximum Gasteiger partial charge on any atom is 0.405 e. The molecule has 4 aromatic heterocycles. The van der Waals surface area contributed by atoms with Crippen LogP contribution in [0, 0.1) is 0 Å². The van der Waals surface area contributed by atoms with E-state index < -0.39 is 11.7 Å². The van der Waals surface area contributed by atoms with Crippen molar-refractivity contribution in [3.63, 3.8) is 0 Å². The number of amides is 2. The summed E-state index contributed by atoms with van der Waals surface area (Å²) in [5.41, 5.74) is 8.03. The summed E-state index contributed by atoms with van der Waals surface area (Å²) >= 11 is 0. The van der Waals surface area contributed by atoms with Gasteiger partial charge in [0, 0.05) is 30.5 Å². The fourth-order valence-corrected chi connectivity index (χ4v) is 4.73. The zero-order chi connectivity index (χ0) is 29.3. The van der Waals surface area contributed by atoms with Gasteiger partial charge in [-0.3, -0.25) is 19.2 Å². The molecule has 0 saturated carbocycles. The summed E-state index contributed by atoms with van der Waals surface area (Å²) in [7, 11) is 1.95. The van der Waals surface area contributed by atoms with Gasteiger partial charge in [0.25, 0.3) is 5.91 Å². The molecular formula is C29H33N9O3. The third-order valence-electron chi connectivity index (χ3n) is 7.18. The molecule has 5 rings (SSSR count). The SMILES string of the molecule is CC(C)N(C)c1cc2c(c(CCC(C)(C)OC(N)=O)n1)CN(c1cccc(-c3nncn3-c3cccnc3)n1)C2=O. The number of ether oxygens (including phenoxy) is 1. The van der Waals surface area contributed by atoms with Gasteiger partial charge in [-0.25, -0.2) is 14.8 Å². The fraction of sp³-hybridized carbons (Fsp3) is 0.345. The highest BCUT2D eigenvalue weighted by Crippen LogP contribution is 2.34. The third-order valence-corrected chi connectivity index (χ3v) is 7.18. The van der Waals surface area contributed by atoms with Crippen LogP contribution in [0.3, 0.4) is 0 Å². The van der Waals surface area contributed by atoms with E-state index >= 15 is 0 Å². The van der Waals surface area contributed by atoms with Gasteiger partial charge in [0.2, 0.25) is 0 Å². The molecule has 2 N–H and O–H groups in total. The standard InChI is InChI=1S/C29H33N9O3/c1-18(2)36(5)25-14-20-21(22(33-25)11-12-29(3,4)41-28(30)40)16-37(27(20)39)24-10-6-9-23(34-24)26-35-32-17-38(26)19-8-7-13-31-15-19/h6-10,13-15,17-18H,11-12,16H2,1-5H3,(H2,30,40). The second kappa shape index (κ2) is 11.0. The van der Waals surface area contributed by atoms with Gasteiger partial charge in [0.15, 0.2) is 5.82 Å². The highest BCUT2D eigenvalue weighted by atomic mass is 16.6. The van der Waals surface area contributed by atoms with Crippen LogP contribution in [0.5, 0.6) is 0 Å². The molecule has 4 aromatic rings. The Morgan fingerprint density at radius 1 is 1.20 bits per heavy atom. The first-order valence-electron chi connectivity index (χ1n) is 13.4. The van der Waals surface area contributed by atoms with E-state index in [-0.39, 0.29) is 11.9 Å². The summed E-state index contributed by atoms with van der Waals surface area (Å²) in [5, 5.41) is 8.35. The first-order valence-corrected chi connectivity index (χ1v) is 13.4. The topological polar surface area (TPSA) is 145 Å². The van der Waals surface area contributed by atoms with Crippen LogP contribution in [0.25, 0.3) is 17.2 Å². The molecule has 41 heavy (non-hydrogen) atoms. The lowest BCUT2D eigenvalue weighted by atomic mass is 9.97. The molecule has 0 fully saturated rings. The van der Waals surface area contributed by atoms with Crippen molar-refractivity contribution in [2.45, 2.75) is 58.7 Å². The number of rotatable bonds is 9. The van der Waals surface area contributed by atoms with E-state index in [1.807, 2.05) is 42.3 Å². The zero-order valence-corrected chi connectivity index (χ0v) is 23.8. The molecule has 0 saturated heterocycles. The smallest absolute Gasteiger partial charge is 0.405 e. The first-order chi connectivity index (χ1) is 19.5. The lowest BCUT2D eigenvalue weighted by Gasteiger charge is -2.26. The third kappa shape index (κ3) is 5.72. The number of nitrogens with two attached hydrogens (primary N) is 1. The molecule has 0 spiro atoms. The number of carbonyl (C=O) groups is 2. The number of primary amides is 1. The van der Waals surface area contributed by atoms with Gasteiger partial charge in [0.1, 0.15) is 29.3 Å². The van der Waals surface area contributed by atoms with Crippen molar-refractivity contribution < 1.29 is 14.3 Å². The van der Waals surface area contributed by atoms with Gasteiger partial charge >= 0.3 is 6.09 Å². The van der Waals surface area contributed by atoms with E-state index in [0.29, 0.717) is 48.1 Å². The molecule has 5 heterocycles. The summed E-state index contributed by atoms with van der Waals surface area (Å²) < 4.78 is 7.09. The second-order valence-electron chi connectivity index (χ2n) is 10.8. The normalized spacial score (nSPS) is 13.0. The molecule has 212 valence electrons. The van der Waals surface area contributed by atoms with E-state index in [9.17, 15) is 9.59 Å². The lowest BCUT2D eigenvalue weighted by Crippen LogP contribution is -2.32. The summed E-state index contributed by atoms with van der Waals surface area (Å²) in [6.45, 7) is 8.04. The van der Waals surface area contributed by atoms with Gasteiger partial charge in [-0.05, 0) is 70.9 Å². The molecule has 1 aliphatic rings. The predicted octanol–water partition coefficient (Wildman–Crippen LogP) is 3.93. The maximum atomic E-state index is 13.8. The average Bonchev–Trinajstić information content (AvgIpc) is 3.56. The molecule has 2 amide bonds. The lowest BCUT2D eigenvalue weighted by molar-refractivity contribution is 0.0392. The number of aromatic nitrogens is 6. The van der Waals surface area contributed by atoms with Crippen molar-refractivity contribution >= 4 is 23.6 Å². The van der Waals surface area contributed by atoms with Crippen LogP contribution in [0.4, 0.5) is 16.4 Å². The number of carbonyl (C=O) groups excluding carboxylic acids is 2. The number of hydrogen-bond donors (Lipinski definition) is 1. The van der Waals surface area contributed by atoms with E-state index in [1.165, 1.54) is 0 Å². The Bertz CT molecular complexity index is 1580. The first kappa shape index (κ1) is 27.7. The van der Waals surface area contributed by atoms with Crippen molar-refractivity contribution in [1.82, 2.24) is 29.7 Å².